The first-order valence-electron chi connectivity index (χ1n) is 8.70. The van der Waals surface area contributed by atoms with E-state index >= 15 is 0 Å². The number of carbonyl (C=O) groups is 2. The number of hydrogen-bond donors (Lipinski definition) is 2. The molecule has 4 nitrogen and oxygen atoms in total. The average molecular weight is 360 g/mol. The van der Waals surface area contributed by atoms with Crippen LogP contribution in [0.3, 0.4) is 0 Å². The van der Waals surface area contributed by atoms with Crippen LogP contribution >= 0.6 is 0 Å². The van der Waals surface area contributed by atoms with Crippen molar-refractivity contribution in [3.05, 3.63) is 95.1 Å². The fourth-order valence-corrected chi connectivity index (χ4v) is 3.06. The van der Waals surface area contributed by atoms with Gasteiger partial charge >= 0.3 is 11.9 Å². The smallest absolute Gasteiger partial charge is 0.335 e. The highest BCUT2D eigenvalue weighted by Crippen LogP contribution is 2.32. The topological polar surface area (TPSA) is 74.6 Å². The summed E-state index contributed by atoms with van der Waals surface area (Å²) in [5.41, 5.74) is 4.66. The lowest BCUT2D eigenvalue weighted by Crippen LogP contribution is -2.10. The van der Waals surface area contributed by atoms with Crippen LogP contribution in [0.1, 0.15) is 44.7 Å². The van der Waals surface area contributed by atoms with Crippen molar-refractivity contribution in [3.63, 3.8) is 0 Å². The normalized spacial score (nSPS) is 11.7. The molecule has 4 rings (SSSR count). The quantitative estimate of drug-likeness (QED) is 0.519. The van der Waals surface area contributed by atoms with E-state index in [0.717, 1.165) is 5.56 Å². The Morgan fingerprint density at radius 1 is 0.815 bits per heavy atom. The van der Waals surface area contributed by atoms with Gasteiger partial charge in [-0.3, -0.25) is 0 Å². The molecule has 0 radical (unpaired) electrons. The Kier molecular flexibility index (Phi) is 5.36. The van der Waals surface area contributed by atoms with Gasteiger partial charge in [-0.05, 0) is 52.8 Å². The molecule has 4 heteroatoms. The summed E-state index contributed by atoms with van der Waals surface area (Å²) in [6.45, 7) is 1.94. The van der Waals surface area contributed by atoms with E-state index < -0.39 is 11.9 Å². The molecule has 0 fully saturated rings. The highest BCUT2D eigenvalue weighted by molar-refractivity contribution is 5.95. The zero-order valence-electron chi connectivity index (χ0n) is 14.9. The van der Waals surface area contributed by atoms with Crippen molar-refractivity contribution in [2.75, 3.05) is 0 Å². The number of hydrogen-bond acceptors (Lipinski definition) is 2. The van der Waals surface area contributed by atoms with E-state index in [2.05, 4.69) is 24.3 Å². The van der Waals surface area contributed by atoms with Crippen molar-refractivity contribution in [2.24, 2.45) is 0 Å². The molecule has 0 aromatic heterocycles. The number of carboxylic acids is 2. The molecule has 1 unspecified atom stereocenters. The van der Waals surface area contributed by atoms with Crippen LogP contribution in [0.15, 0.2) is 72.8 Å². The van der Waals surface area contributed by atoms with Gasteiger partial charge in [-0.15, -0.1) is 0 Å². The first kappa shape index (κ1) is 18.4. The van der Waals surface area contributed by atoms with E-state index in [4.69, 9.17) is 5.11 Å². The zero-order chi connectivity index (χ0) is 19.4. The van der Waals surface area contributed by atoms with Gasteiger partial charge in [0, 0.05) is 0 Å². The number of aromatic carboxylic acids is 2. The molecule has 2 aliphatic carbocycles. The molecule has 1 atom stereocenters. The van der Waals surface area contributed by atoms with Crippen LogP contribution in [0.2, 0.25) is 0 Å². The summed E-state index contributed by atoms with van der Waals surface area (Å²) in [7, 11) is 0. The summed E-state index contributed by atoms with van der Waals surface area (Å²) >= 11 is 0. The van der Waals surface area contributed by atoms with E-state index in [1.165, 1.54) is 23.3 Å². The van der Waals surface area contributed by atoms with Gasteiger partial charge in [-0.2, -0.15) is 0 Å². The number of rotatable bonds is 5. The maximum atomic E-state index is 11.4. The Balaban J connectivity index is 0.000000290. The first-order valence-corrected chi connectivity index (χ1v) is 8.70. The van der Waals surface area contributed by atoms with Gasteiger partial charge < -0.3 is 10.2 Å². The molecule has 0 aliphatic heterocycles. The summed E-state index contributed by atoms with van der Waals surface area (Å²) in [6.07, 6.45) is 0.702. The minimum absolute atomic E-state index is 0.0111. The highest BCUT2D eigenvalue weighted by Gasteiger charge is 2.18. The molecule has 0 saturated heterocycles. The Hall–Kier alpha value is -3.40. The van der Waals surface area contributed by atoms with Crippen molar-refractivity contribution in [2.45, 2.75) is 19.3 Å². The third-order valence-corrected chi connectivity index (χ3v) is 4.56. The van der Waals surface area contributed by atoms with Crippen LogP contribution in [0.25, 0.3) is 11.1 Å². The second-order valence-corrected chi connectivity index (χ2v) is 6.58. The summed E-state index contributed by atoms with van der Waals surface area (Å²) in [5.74, 6) is -2.24. The van der Waals surface area contributed by atoms with E-state index in [0.29, 0.717) is 12.0 Å². The van der Waals surface area contributed by atoms with E-state index in [1.54, 1.807) is 6.07 Å². The standard InChI is InChI=1S/C17H16O4.C6H4/c1-11(9-12-5-3-2-4-6-12)14-8-7-13(16(18)19)10-15(14)17(20)21;1-2-5-4-6(5)3-1/h2-8,10-11H,9H2,1H3,(H,18,19)(H,20,21);1-4H. The van der Waals surface area contributed by atoms with E-state index in [9.17, 15) is 14.7 Å². The molecule has 2 N–H and O–H groups in total. The van der Waals surface area contributed by atoms with Crippen LogP contribution in [0.5, 0.6) is 0 Å². The van der Waals surface area contributed by atoms with Crippen molar-refractivity contribution in [3.8, 4) is 11.1 Å². The third-order valence-electron chi connectivity index (χ3n) is 4.56. The molecule has 136 valence electrons. The van der Waals surface area contributed by atoms with Crippen LogP contribution in [-0.2, 0) is 6.42 Å². The predicted molar refractivity (Wildman–Crippen MR) is 104 cm³/mol. The fraction of sp³-hybridized carbons (Fsp3) is 0.130. The fourth-order valence-electron chi connectivity index (χ4n) is 3.06. The van der Waals surface area contributed by atoms with Gasteiger partial charge in [-0.1, -0.05) is 61.5 Å². The molecular formula is C23H20O4. The largest absolute Gasteiger partial charge is 0.478 e. The first-order chi connectivity index (χ1) is 13.0. The molecule has 0 bridgehead atoms. The maximum Gasteiger partial charge on any atom is 0.335 e. The predicted octanol–water partition coefficient (Wildman–Crippen LogP) is 5.10. The Morgan fingerprint density at radius 3 is 1.96 bits per heavy atom. The average Bonchev–Trinajstić information content (AvgIpc) is 3.27. The third kappa shape index (κ3) is 4.61. The van der Waals surface area contributed by atoms with Gasteiger partial charge in [0.15, 0.2) is 0 Å². The van der Waals surface area contributed by atoms with Crippen molar-refractivity contribution < 1.29 is 19.8 Å². The van der Waals surface area contributed by atoms with Crippen LogP contribution in [0.4, 0.5) is 0 Å². The second-order valence-electron chi connectivity index (χ2n) is 6.58. The van der Waals surface area contributed by atoms with Gasteiger partial charge in [0.1, 0.15) is 0 Å². The van der Waals surface area contributed by atoms with Gasteiger partial charge in [0.05, 0.1) is 11.1 Å². The maximum absolute atomic E-state index is 11.4. The number of fused-ring (bicyclic) bond motifs is 1. The molecular weight excluding hydrogens is 340 g/mol. The minimum atomic E-state index is -1.13. The van der Waals surface area contributed by atoms with Crippen LogP contribution in [-0.4, -0.2) is 22.2 Å². The second kappa shape index (κ2) is 7.87. The Bertz CT molecular complexity index is 959. The molecule has 0 heterocycles. The van der Waals surface area contributed by atoms with Crippen molar-refractivity contribution >= 4 is 11.9 Å². The minimum Gasteiger partial charge on any atom is -0.478 e. The summed E-state index contributed by atoms with van der Waals surface area (Å²) < 4.78 is 0. The van der Waals surface area contributed by atoms with E-state index in [-0.39, 0.29) is 17.0 Å². The van der Waals surface area contributed by atoms with E-state index in [1.807, 2.05) is 37.3 Å². The molecule has 0 saturated carbocycles. The monoisotopic (exact) mass is 360 g/mol. The molecule has 0 spiro atoms. The molecule has 2 aromatic carbocycles. The van der Waals surface area contributed by atoms with Crippen molar-refractivity contribution in [1.29, 1.82) is 0 Å². The number of benzene rings is 3. The Morgan fingerprint density at radius 2 is 1.48 bits per heavy atom. The van der Waals surface area contributed by atoms with Crippen LogP contribution in [0, 0.1) is 0 Å². The van der Waals surface area contributed by atoms with Gasteiger partial charge in [-0.25, -0.2) is 9.59 Å². The summed E-state index contributed by atoms with van der Waals surface area (Å²) in [6, 6.07) is 22.5. The zero-order valence-corrected chi connectivity index (χ0v) is 14.9. The van der Waals surface area contributed by atoms with Gasteiger partial charge in [0.2, 0.25) is 0 Å². The lowest BCUT2D eigenvalue weighted by Gasteiger charge is -2.15. The highest BCUT2D eigenvalue weighted by atomic mass is 16.4. The summed E-state index contributed by atoms with van der Waals surface area (Å²) in [5, 5.41) is 18.3. The van der Waals surface area contributed by atoms with Crippen molar-refractivity contribution in [1.82, 2.24) is 0 Å². The lowest BCUT2D eigenvalue weighted by molar-refractivity contribution is 0.0695. The van der Waals surface area contributed by atoms with Crippen LogP contribution < -0.4 is 0 Å². The number of carboxylic acid groups (broad SMARTS) is 2. The lowest BCUT2D eigenvalue weighted by atomic mass is 9.89. The SMILES string of the molecule is CC(Cc1ccccc1)c1ccc(C(=O)O)cc1C(=O)O.c1cc2cc-2c1. The molecule has 2 aliphatic rings. The Labute approximate surface area is 157 Å². The molecule has 0 amide bonds. The molecule has 27 heavy (non-hydrogen) atoms. The van der Waals surface area contributed by atoms with Gasteiger partial charge in [0.25, 0.3) is 0 Å². The summed E-state index contributed by atoms with van der Waals surface area (Å²) in [4.78, 5) is 22.3. The molecule has 2 aromatic rings.